The molecule has 9 nitrogen and oxygen atoms in total. The van der Waals surface area contributed by atoms with Gasteiger partial charge in [-0.1, -0.05) is 6.07 Å². The van der Waals surface area contributed by atoms with Gasteiger partial charge < -0.3 is 20.3 Å². The summed E-state index contributed by atoms with van der Waals surface area (Å²) in [7, 11) is 0. The number of nitrogens with zero attached hydrogens (tertiary/aromatic N) is 3. The molecule has 206 valence electrons. The first-order chi connectivity index (χ1) is 19.0. The topological polar surface area (TPSA) is 126 Å². The Kier molecular flexibility index (Phi) is 8.10. The van der Waals surface area contributed by atoms with E-state index in [0.29, 0.717) is 27.9 Å². The second-order valence-corrected chi connectivity index (χ2v) is 8.89. The molecule has 0 bridgehead atoms. The van der Waals surface area contributed by atoms with E-state index in [-0.39, 0.29) is 36.0 Å². The third-order valence-corrected chi connectivity index (χ3v) is 5.92. The summed E-state index contributed by atoms with van der Waals surface area (Å²) in [5.41, 5.74) is 1.70. The van der Waals surface area contributed by atoms with E-state index >= 15 is 0 Å². The molecule has 1 aromatic carbocycles. The summed E-state index contributed by atoms with van der Waals surface area (Å²) in [5.74, 6) is -0.705. The first-order valence-corrected chi connectivity index (χ1v) is 12.0. The summed E-state index contributed by atoms with van der Waals surface area (Å²) >= 11 is 0. The molecule has 0 unspecified atom stereocenters. The minimum Gasteiger partial charge on any atom is -0.395 e. The number of alkyl halides is 3. The normalized spacial score (nSPS) is 11.2. The lowest BCUT2D eigenvalue weighted by molar-refractivity contribution is -0.141. The highest BCUT2D eigenvalue weighted by atomic mass is 19.4. The highest BCUT2D eigenvalue weighted by molar-refractivity contribution is 6.04. The van der Waals surface area contributed by atoms with Gasteiger partial charge in [-0.3, -0.25) is 19.4 Å². The zero-order valence-corrected chi connectivity index (χ0v) is 21.4. The van der Waals surface area contributed by atoms with Crippen molar-refractivity contribution in [3.8, 4) is 22.3 Å². The van der Waals surface area contributed by atoms with Crippen molar-refractivity contribution in [1.29, 1.82) is 0 Å². The summed E-state index contributed by atoms with van der Waals surface area (Å²) in [6.07, 6.45) is -0.714. The first kappa shape index (κ1) is 28.2. The highest BCUT2D eigenvalue weighted by Gasteiger charge is 2.32. The first-order valence-electron chi connectivity index (χ1n) is 12.0. The maximum atomic E-state index is 13.2. The fraction of sp³-hybridized carbons (Fsp3) is 0.179. The number of anilines is 2. The van der Waals surface area contributed by atoms with Crippen molar-refractivity contribution in [3.05, 3.63) is 94.3 Å². The molecule has 0 saturated heterocycles. The molecule has 0 spiro atoms. The summed E-state index contributed by atoms with van der Waals surface area (Å²) in [6.45, 7) is 2.92. The standard InChI is InChI=1S/C28H24F3N5O4/c1-16-3-5-21(35-26(39)19-4-6-24(33-14-19)28(29,30)31)13-22(16)20-11-23(27(40)36(15-20)9-10-37)18-7-8-32-25(12-18)34-17(2)38/h3-8,11-15,37H,9-10H2,1-2H3,(H,35,39)(H,32,34,38). The molecule has 3 heterocycles. The summed E-state index contributed by atoms with van der Waals surface area (Å²) < 4.78 is 39.8. The SMILES string of the molecule is CC(=O)Nc1cc(-c2cc(-c3cc(NC(=O)c4ccc(C(F)(F)F)nc4)ccc3C)cn(CCO)c2=O)ccn1. The van der Waals surface area contributed by atoms with Crippen molar-refractivity contribution >= 4 is 23.3 Å². The van der Waals surface area contributed by atoms with Crippen LogP contribution in [0, 0.1) is 6.92 Å². The Morgan fingerprint density at radius 1 is 0.975 bits per heavy atom. The Bertz CT molecular complexity index is 1630. The summed E-state index contributed by atoms with van der Waals surface area (Å²) in [4.78, 5) is 44.8. The maximum Gasteiger partial charge on any atom is 0.433 e. The third-order valence-electron chi connectivity index (χ3n) is 5.92. The number of aliphatic hydroxyl groups is 1. The van der Waals surface area contributed by atoms with E-state index in [1.807, 2.05) is 6.92 Å². The van der Waals surface area contributed by atoms with Crippen LogP contribution in [0.2, 0.25) is 0 Å². The molecule has 2 amide bonds. The van der Waals surface area contributed by atoms with Gasteiger partial charge in [-0.25, -0.2) is 4.98 Å². The number of halogens is 3. The average molecular weight is 552 g/mol. The molecule has 0 atom stereocenters. The molecule has 4 rings (SSSR count). The van der Waals surface area contributed by atoms with Gasteiger partial charge in [0.15, 0.2) is 0 Å². The number of nitrogens with one attached hydrogen (secondary N) is 2. The average Bonchev–Trinajstić information content (AvgIpc) is 2.90. The predicted molar refractivity (Wildman–Crippen MR) is 143 cm³/mol. The Morgan fingerprint density at radius 2 is 1.75 bits per heavy atom. The second-order valence-electron chi connectivity index (χ2n) is 8.89. The lowest BCUT2D eigenvalue weighted by Gasteiger charge is -2.15. The minimum absolute atomic E-state index is 0.0275. The fourth-order valence-electron chi connectivity index (χ4n) is 4.02. The number of amides is 2. The van der Waals surface area contributed by atoms with Crippen molar-refractivity contribution in [2.75, 3.05) is 17.2 Å². The van der Waals surface area contributed by atoms with Gasteiger partial charge in [-0.05, 0) is 71.6 Å². The molecule has 40 heavy (non-hydrogen) atoms. The van der Waals surface area contributed by atoms with Crippen LogP contribution in [-0.2, 0) is 17.5 Å². The van der Waals surface area contributed by atoms with Crippen molar-refractivity contribution in [3.63, 3.8) is 0 Å². The number of pyridine rings is 3. The molecule has 0 aliphatic carbocycles. The minimum atomic E-state index is -4.62. The van der Waals surface area contributed by atoms with E-state index < -0.39 is 17.8 Å². The van der Waals surface area contributed by atoms with Gasteiger partial charge in [0.1, 0.15) is 11.5 Å². The van der Waals surface area contributed by atoms with Crippen LogP contribution in [0.3, 0.4) is 0 Å². The Morgan fingerprint density at radius 3 is 2.40 bits per heavy atom. The second kappa shape index (κ2) is 11.5. The highest BCUT2D eigenvalue weighted by Crippen LogP contribution is 2.30. The maximum absolute atomic E-state index is 13.2. The van der Waals surface area contributed by atoms with E-state index in [2.05, 4.69) is 20.6 Å². The van der Waals surface area contributed by atoms with Crippen LogP contribution in [-0.4, -0.2) is 38.1 Å². The molecule has 0 fully saturated rings. The number of rotatable bonds is 7. The number of benzene rings is 1. The van der Waals surface area contributed by atoms with Crippen molar-refractivity contribution in [1.82, 2.24) is 14.5 Å². The van der Waals surface area contributed by atoms with Gasteiger partial charge in [0.25, 0.3) is 11.5 Å². The monoisotopic (exact) mass is 551 g/mol. The van der Waals surface area contributed by atoms with E-state index in [1.165, 1.54) is 17.7 Å². The fourth-order valence-corrected chi connectivity index (χ4v) is 4.02. The third kappa shape index (κ3) is 6.41. The quantitative estimate of drug-likeness (QED) is 0.311. The van der Waals surface area contributed by atoms with Crippen LogP contribution in [0.1, 0.15) is 28.5 Å². The number of hydrogen-bond donors (Lipinski definition) is 3. The van der Waals surface area contributed by atoms with Gasteiger partial charge in [0.2, 0.25) is 5.91 Å². The van der Waals surface area contributed by atoms with E-state index in [1.54, 1.807) is 42.6 Å². The molecule has 0 aliphatic heterocycles. The largest absolute Gasteiger partial charge is 0.433 e. The molecule has 0 radical (unpaired) electrons. The Hall–Kier alpha value is -4.84. The smallest absolute Gasteiger partial charge is 0.395 e. The Labute approximate surface area is 226 Å². The van der Waals surface area contributed by atoms with Crippen molar-refractivity contribution in [2.45, 2.75) is 26.6 Å². The lowest BCUT2D eigenvalue weighted by Crippen LogP contribution is -2.23. The van der Waals surface area contributed by atoms with Crippen LogP contribution >= 0.6 is 0 Å². The number of aryl methyl sites for hydroxylation is 1. The van der Waals surface area contributed by atoms with E-state index in [4.69, 9.17) is 0 Å². The van der Waals surface area contributed by atoms with Gasteiger partial charge in [0, 0.05) is 43.3 Å². The zero-order valence-electron chi connectivity index (χ0n) is 21.4. The Balaban J connectivity index is 1.72. The van der Waals surface area contributed by atoms with Crippen LogP contribution in [0.25, 0.3) is 22.3 Å². The molecule has 12 heteroatoms. The molecule has 0 aliphatic rings. The van der Waals surface area contributed by atoms with Crippen molar-refractivity contribution in [2.24, 2.45) is 0 Å². The number of aliphatic hydroxyl groups excluding tert-OH is 1. The van der Waals surface area contributed by atoms with Crippen molar-refractivity contribution < 1.29 is 27.9 Å². The lowest BCUT2D eigenvalue weighted by atomic mass is 9.98. The molecule has 3 N–H and O–H groups in total. The van der Waals surface area contributed by atoms with Gasteiger partial charge in [-0.2, -0.15) is 13.2 Å². The summed E-state index contributed by atoms with van der Waals surface area (Å²) in [6, 6.07) is 11.7. The molecular weight excluding hydrogens is 527 g/mol. The summed E-state index contributed by atoms with van der Waals surface area (Å²) in [5, 5.41) is 14.8. The zero-order chi connectivity index (χ0) is 29.0. The van der Waals surface area contributed by atoms with E-state index in [0.717, 1.165) is 23.9 Å². The van der Waals surface area contributed by atoms with Gasteiger partial charge in [0.05, 0.1) is 12.2 Å². The van der Waals surface area contributed by atoms with Crippen LogP contribution < -0.4 is 16.2 Å². The van der Waals surface area contributed by atoms with Gasteiger partial charge >= 0.3 is 6.18 Å². The molecule has 3 aromatic heterocycles. The van der Waals surface area contributed by atoms with Crippen LogP contribution in [0.4, 0.5) is 24.7 Å². The van der Waals surface area contributed by atoms with Crippen LogP contribution in [0.15, 0.2) is 71.9 Å². The number of hydrogen-bond acceptors (Lipinski definition) is 6. The number of carbonyl (C=O) groups is 2. The number of carbonyl (C=O) groups excluding carboxylic acids is 2. The predicted octanol–water partition coefficient (Wildman–Crippen LogP) is 4.50. The number of aromatic nitrogens is 3. The van der Waals surface area contributed by atoms with E-state index in [9.17, 15) is 32.7 Å². The molecule has 4 aromatic rings. The molecule has 0 saturated carbocycles. The van der Waals surface area contributed by atoms with Gasteiger partial charge in [-0.15, -0.1) is 0 Å². The molecular formula is C28H24F3N5O4. The van der Waals surface area contributed by atoms with Crippen LogP contribution in [0.5, 0.6) is 0 Å².